The van der Waals surface area contributed by atoms with E-state index in [4.69, 9.17) is 4.74 Å². The van der Waals surface area contributed by atoms with Crippen LogP contribution >= 0.6 is 0 Å². The number of carbonyl (C=O) groups is 2. The Morgan fingerprint density at radius 2 is 1.76 bits per heavy atom. The summed E-state index contributed by atoms with van der Waals surface area (Å²) in [6.45, 7) is 5.66. The van der Waals surface area contributed by atoms with E-state index < -0.39 is 0 Å². The average molecular weight is 242 g/mol. The highest BCUT2D eigenvalue weighted by molar-refractivity contribution is 5.76. The fourth-order valence-electron chi connectivity index (χ4n) is 1.77. The Balaban J connectivity index is 3.95. The van der Waals surface area contributed by atoms with Crippen molar-refractivity contribution in [2.24, 2.45) is 0 Å². The number of hydrogen-bond donors (Lipinski definition) is 0. The predicted octanol–water partition coefficient (Wildman–Crippen LogP) is 3.65. The highest BCUT2D eigenvalue weighted by Crippen LogP contribution is 2.13. The summed E-state index contributed by atoms with van der Waals surface area (Å²) in [5, 5.41) is 0. The van der Waals surface area contributed by atoms with Crippen molar-refractivity contribution >= 4 is 11.8 Å². The van der Waals surface area contributed by atoms with Crippen molar-refractivity contribution < 1.29 is 14.3 Å². The van der Waals surface area contributed by atoms with Gasteiger partial charge in [0.1, 0.15) is 11.9 Å². The minimum absolute atomic E-state index is 0.0924. The maximum absolute atomic E-state index is 11.4. The van der Waals surface area contributed by atoms with Gasteiger partial charge >= 0.3 is 5.97 Å². The van der Waals surface area contributed by atoms with Crippen molar-refractivity contribution in [1.82, 2.24) is 0 Å². The summed E-state index contributed by atoms with van der Waals surface area (Å²) in [6, 6.07) is 0. The van der Waals surface area contributed by atoms with E-state index in [1.54, 1.807) is 6.92 Å². The SMILES string of the molecule is CCCCCC[C@@H](CC(C)=O)OC(=O)CCC. The van der Waals surface area contributed by atoms with Crippen molar-refractivity contribution in [2.45, 2.75) is 78.2 Å². The van der Waals surface area contributed by atoms with Crippen LogP contribution in [0.15, 0.2) is 0 Å². The zero-order valence-electron chi connectivity index (χ0n) is 11.5. The zero-order chi connectivity index (χ0) is 13.1. The molecule has 0 bridgehead atoms. The van der Waals surface area contributed by atoms with Crippen LogP contribution in [-0.2, 0) is 14.3 Å². The number of ketones is 1. The average Bonchev–Trinajstić information content (AvgIpc) is 2.23. The first-order chi connectivity index (χ1) is 8.10. The lowest BCUT2D eigenvalue weighted by Crippen LogP contribution is -2.20. The van der Waals surface area contributed by atoms with Gasteiger partial charge in [0.15, 0.2) is 0 Å². The minimum atomic E-state index is -0.205. The standard InChI is InChI=1S/C14H26O3/c1-4-6-7-8-10-13(11-12(3)15)17-14(16)9-5-2/h13H,4-11H2,1-3H3/t13-/m0/s1. The number of esters is 1. The van der Waals surface area contributed by atoms with E-state index in [1.807, 2.05) is 6.92 Å². The van der Waals surface area contributed by atoms with E-state index in [0.29, 0.717) is 12.8 Å². The minimum Gasteiger partial charge on any atom is -0.462 e. The molecule has 0 aromatic heterocycles. The number of ether oxygens (including phenoxy) is 1. The summed E-state index contributed by atoms with van der Waals surface area (Å²) in [6.07, 6.45) is 6.79. The normalized spacial score (nSPS) is 12.2. The molecule has 0 aliphatic heterocycles. The quantitative estimate of drug-likeness (QED) is 0.434. The monoisotopic (exact) mass is 242 g/mol. The van der Waals surface area contributed by atoms with Gasteiger partial charge < -0.3 is 4.74 Å². The number of rotatable bonds is 10. The van der Waals surface area contributed by atoms with Crippen LogP contribution in [0.25, 0.3) is 0 Å². The maximum atomic E-state index is 11.4. The van der Waals surface area contributed by atoms with Gasteiger partial charge in [-0.25, -0.2) is 0 Å². The van der Waals surface area contributed by atoms with E-state index in [2.05, 4.69) is 6.92 Å². The summed E-state index contributed by atoms with van der Waals surface area (Å²) in [5.74, 6) is -0.0796. The topological polar surface area (TPSA) is 43.4 Å². The molecule has 0 unspecified atom stereocenters. The van der Waals surface area contributed by atoms with Crippen LogP contribution in [0.5, 0.6) is 0 Å². The van der Waals surface area contributed by atoms with Crippen molar-refractivity contribution in [3.63, 3.8) is 0 Å². The first-order valence-electron chi connectivity index (χ1n) is 6.79. The third kappa shape index (κ3) is 10.0. The van der Waals surface area contributed by atoms with Gasteiger partial charge in [0.05, 0.1) is 0 Å². The molecule has 0 aromatic rings. The van der Waals surface area contributed by atoms with Gasteiger partial charge in [-0.15, -0.1) is 0 Å². The second kappa shape index (κ2) is 10.3. The van der Waals surface area contributed by atoms with Gasteiger partial charge in [-0.3, -0.25) is 9.59 Å². The Kier molecular flexibility index (Phi) is 9.78. The molecule has 0 fully saturated rings. The summed E-state index contributed by atoms with van der Waals surface area (Å²) in [4.78, 5) is 22.5. The van der Waals surface area contributed by atoms with Crippen LogP contribution in [0.2, 0.25) is 0 Å². The number of carbonyl (C=O) groups excluding carboxylic acids is 2. The van der Waals surface area contributed by atoms with Gasteiger partial charge in [-0.2, -0.15) is 0 Å². The Morgan fingerprint density at radius 1 is 1.06 bits per heavy atom. The third-order valence-electron chi connectivity index (χ3n) is 2.65. The summed E-state index contributed by atoms with van der Waals surface area (Å²) < 4.78 is 5.32. The Labute approximate surface area is 105 Å². The Hall–Kier alpha value is -0.860. The lowest BCUT2D eigenvalue weighted by molar-refractivity contribution is -0.150. The van der Waals surface area contributed by atoms with E-state index in [1.165, 1.54) is 12.8 Å². The summed E-state index contributed by atoms with van der Waals surface area (Å²) in [7, 11) is 0. The molecule has 100 valence electrons. The van der Waals surface area contributed by atoms with Crippen molar-refractivity contribution in [3.05, 3.63) is 0 Å². The second-order valence-electron chi connectivity index (χ2n) is 4.62. The molecule has 0 aliphatic carbocycles. The molecule has 0 heterocycles. The van der Waals surface area contributed by atoms with Crippen molar-refractivity contribution in [1.29, 1.82) is 0 Å². The molecule has 17 heavy (non-hydrogen) atoms. The van der Waals surface area contributed by atoms with Gasteiger partial charge in [0.2, 0.25) is 0 Å². The number of Topliss-reactive ketones (excluding diaryl/α,β-unsaturated/α-hetero) is 1. The van der Waals surface area contributed by atoms with E-state index in [-0.39, 0.29) is 17.9 Å². The largest absolute Gasteiger partial charge is 0.462 e. The van der Waals surface area contributed by atoms with Gasteiger partial charge in [-0.05, 0) is 26.2 Å². The van der Waals surface area contributed by atoms with Crippen LogP contribution in [0.3, 0.4) is 0 Å². The summed E-state index contributed by atoms with van der Waals surface area (Å²) >= 11 is 0. The van der Waals surface area contributed by atoms with Crippen molar-refractivity contribution in [3.8, 4) is 0 Å². The molecule has 0 aliphatic rings. The van der Waals surface area contributed by atoms with Crippen LogP contribution in [0, 0.1) is 0 Å². The Morgan fingerprint density at radius 3 is 2.29 bits per heavy atom. The predicted molar refractivity (Wildman–Crippen MR) is 68.8 cm³/mol. The number of unbranched alkanes of at least 4 members (excludes halogenated alkanes) is 3. The van der Waals surface area contributed by atoms with Crippen LogP contribution in [0.4, 0.5) is 0 Å². The molecule has 0 N–H and O–H groups in total. The van der Waals surface area contributed by atoms with E-state index >= 15 is 0 Å². The highest BCUT2D eigenvalue weighted by atomic mass is 16.5. The summed E-state index contributed by atoms with van der Waals surface area (Å²) in [5.41, 5.74) is 0. The van der Waals surface area contributed by atoms with Crippen LogP contribution < -0.4 is 0 Å². The van der Waals surface area contributed by atoms with E-state index in [9.17, 15) is 9.59 Å². The zero-order valence-corrected chi connectivity index (χ0v) is 11.5. The molecule has 3 heteroatoms. The molecule has 0 spiro atoms. The lowest BCUT2D eigenvalue weighted by atomic mass is 10.1. The molecule has 0 saturated carbocycles. The molecular formula is C14H26O3. The fourth-order valence-corrected chi connectivity index (χ4v) is 1.77. The van der Waals surface area contributed by atoms with E-state index in [0.717, 1.165) is 25.7 Å². The molecule has 3 nitrogen and oxygen atoms in total. The maximum Gasteiger partial charge on any atom is 0.306 e. The Bertz CT molecular complexity index is 224. The molecule has 0 aromatic carbocycles. The van der Waals surface area contributed by atoms with Crippen LogP contribution in [0.1, 0.15) is 72.1 Å². The molecule has 0 amide bonds. The van der Waals surface area contributed by atoms with Crippen molar-refractivity contribution in [2.75, 3.05) is 0 Å². The molecule has 1 atom stereocenters. The van der Waals surface area contributed by atoms with Crippen LogP contribution in [-0.4, -0.2) is 17.9 Å². The van der Waals surface area contributed by atoms with Gasteiger partial charge in [-0.1, -0.05) is 33.1 Å². The van der Waals surface area contributed by atoms with Gasteiger partial charge in [0, 0.05) is 12.8 Å². The molecule has 0 saturated heterocycles. The molecular weight excluding hydrogens is 216 g/mol. The first kappa shape index (κ1) is 16.1. The third-order valence-corrected chi connectivity index (χ3v) is 2.65. The van der Waals surface area contributed by atoms with Gasteiger partial charge in [0.25, 0.3) is 0 Å². The lowest BCUT2D eigenvalue weighted by Gasteiger charge is -2.16. The fraction of sp³-hybridized carbons (Fsp3) is 0.857. The first-order valence-corrected chi connectivity index (χ1v) is 6.79. The molecule has 0 radical (unpaired) electrons. The highest BCUT2D eigenvalue weighted by Gasteiger charge is 2.15. The second-order valence-corrected chi connectivity index (χ2v) is 4.62. The smallest absolute Gasteiger partial charge is 0.306 e. The molecule has 0 rings (SSSR count). The number of hydrogen-bond acceptors (Lipinski definition) is 3.